The van der Waals surface area contributed by atoms with Gasteiger partial charge in [0.2, 0.25) is 0 Å². The number of rotatable bonds is 7. The molecule has 2 rings (SSSR count). The third-order valence-corrected chi connectivity index (χ3v) is 3.58. The molecule has 0 aromatic heterocycles. The van der Waals surface area contributed by atoms with Crippen molar-refractivity contribution in [2.45, 2.75) is 13.0 Å². The van der Waals surface area contributed by atoms with Crippen LogP contribution in [0.2, 0.25) is 0 Å². The summed E-state index contributed by atoms with van der Waals surface area (Å²) in [6.07, 6.45) is 0. The molecule has 2 aromatic carbocycles. The Morgan fingerprint density at radius 2 is 1.62 bits per heavy atom. The second-order valence-electron chi connectivity index (χ2n) is 5.25. The van der Waals surface area contributed by atoms with E-state index >= 15 is 0 Å². The quantitative estimate of drug-likeness (QED) is 0.459. The van der Waals surface area contributed by atoms with Crippen molar-refractivity contribution in [1.82, 2.24) is 16.1 Å². The highest BCUT2D eigenvalue weighted by Gasteiger charge is 2.20. The first kappa shape index (κ1) is 17.7. The lowest BCUT2D eigenvalue weighted by molar-refractivity contribution is -0.131. The minimum absolute atomic E-state index is 0.233. The Kier molecular flexibility index (Phi) is 6.48. The van der Waals surface area contributed by atoms with Crippen molar-refractivity contribution in [2.75, 3.05) is 13.1 Å². The number of hydrogen-bond acceptors (Lipinski definition) is 4. The SMILES string of the molecule is CCNC[C@H](NC(=O)c1ccc(-c2ccccc2)cc1)C(=O)NO. The van der Waals surface area contributed by atoms with E-state index in [2.05, 4.69) is 10.6 Å². The molecule has 126 valence electrons. The van der Waals surface area contributed by atoms with Gasteiger partial charge in [0.15, 0.2) is 0 Å². The molecule has 6 nitrogen and oxygen atoms in total. The average Bonchev–Trinajstić information content (AvgIpc) is 2.65. The van der Waals surface area contributed by atoms with E-state index in [1.165, 1.54) is 0 Å². The molecule has 0 aliphatic heterocycles. The van der Waals surface area contributed by atoms with Crippen LogP contribution in [0.4, 0.5) is 0 Å². The number of hydrogen-bond donors (Lipinski definition) is 4. The Hall–Kier alpha value is -2.70. The Morgan fingerprint density at radius 3 is 2.21 bits per heavy atom. The van der Waals surface area contributed by atoms with Gasteiger partial charge in [-0.2, -0.15) is 0 Å². The van der Waals surface area contributed by atoms with E-state index in [0.29, 0.717) is 12.1 Å². The summed E-state index contributed by atoms with van der Waals surface area (Å²) in [7, 11) is 0. The summed E-state index contributed by atoms with van der Waals surface area (Å²) in [4.78, 5) is 23.9. The van der Waals surface area contributed by atoms with Gasteiger partial charge in [0.25, 0.3) is 11.8 Å². The van der Waals surface area contributed by atoms with E-state index in [4.69, 9.17) is 5.21 Å². The third-order valence-electron chi connectivity index (χ3n) is 3.58. The van der Waals surface area contributed by atoms with Crippen LogP contribution in [-0.4, -0.2) is 36.2 Å². The second-order valence-corrected chi connectivity index (χ2v) is 5.25. The molecule has 0 radical (unpaired) electrons. The fourth-order valence-corrected chi connectivity index (χ4v) is 2.26. The Balaban J connectivity index is 2.07. The van der Waals surface area contributed by atoms with E-state index in [1.54, 1.807) is 17.6 Å². The highest BCUT2D eigenvalue weighted by atomic mass is 16.5. The number of likely N-dealkylation sites (N-methyl/N-ethyl adjacent to an activating group) is 1. The van der Waals surface area contributed by atoms with E-state index < -0.39 is 11.9 Å². The van der Waals surface area contributed by atoms with Gasteiger partial charge >= 0.3 is 0 Å². The summed E-state index contributed by atoms with van der Waals surface area (Å²) < 4.78 is 0. The van der Waals surface area contributed by atoms with Gasteiger partial charge < -0.3 is 10.6 Å². The van der Waals surface area contributed by atoms with Crippen LogP contribution in [0.3, 0.4) is 0 Å². The van der Waals surface area contributed by atoms with Crippen LogP contribution >= 0.6 is 0 Å². The Morgan fingerprint density at radius 1 is 1.00 bits per heavy atom. The predicted molar refractivity (Wildman–Crippen MR) is 91.6 cm³/mol. The molecule has 0 spiro atoms. The predicted octanol–water partition coefficient (Wildman–Crippen LogP) is 1.57. The van der Waals surface area contributed by atoms with Gasteiger partial charge in [0.1, 0.15) is 6.04 Å². The van der Waals surface area contributed by atoms with Crippen molar-refractivity contribution in [3.63, 3.8) is 0 Å². The molecule has 0 bridgehead atoms. The number of hydroxylamine groups is 1. The molecule has 0 aliphatic rings. The third kappa shape index (κ3) is 4.65. The van der Waals surface area contributed by atoms with E-state index in [0.717, 1.165) is 11.1 Å². The number of carbonyl (C=O) groups excluding carboxylic acids is 2. The van der Waals surface area contributed by atoms with Crippen molar-refractivity contribution < 1.29 is 14.8 Å². The van der Waals surface area contributed by atoms with Crippen LogP contribution in [0, 0.1) is 0 Å². The first-order valence-corrected chi connectivity index (χ1v) is 7.76. The summed E-state index contributed by atoms with van der Waals surface area (Å²) in [5.74, 6) is -1.04. The van der Waals surface area contributed by atoms with E-state index in [1.807, 2.05) is 49.4 Å². The average molecular weight is 327 g/mol. The molecule has 0 saturated heterocycles. The normalized spacial score (nSPS) is 11.6. The minimum Gasteiger partial charge on any atom is -0.339 e. The zero-order valence-corrected chi connectivity index (χ0v) is 13.5. The van der Waals surface area contributed by atoms with Gasteiger partial charge in [0, 0.05) is 12.1 Å². The van der Waals surface area contributed by atoms with Crippen molar-refractivity contribution >= 4 is 11.8 Å². The Labute approximate surface area is 140 Å². The molecule has 1 atom stereocenters. The van der Waals surface area contributed by atoms with Crippen molar-refractivity contribution in [3.8, 4) is 11.1 Å². The highest BCUT2D eigenvalue weighted by Crippen LogP contribution is 2.19. The van der Waals surface area contributed by atoms with Crippen molar-refractivity contribution in [2.24, 2.45) is 0 Å². The number of amides is 2. The van der Waals surface area contributed by atoms with Gasteiger partial charge in [-0.3, -0.25) is 14.8 Å². The second kappa shape index (κ2) is 8.81. The maximum absolute atomic E-state index is 12.3. The molecule has 0 fully saturated rings. The van der Waals surface area contributed by atoms with E-state index in [-0.39, 0.29) is 12.5 Å². The number of nitrogens with one attached hydrogen (secondary N) is 3. The van der Waals surface area contributed by atoms with Gasteiger partial charge in [0.05, 0.1) is 0 Å². The van der Waals surface area contributed by atoms with Crippen molar-refractivity contribution in [1.29, 1.82) is 0 Å². The van der Waals surface area contributed by atoms with Crippen LogP contribution in [0.15, 0.2) is 54.6 Å². The molecule has 0 aliphatic carbocycles. The summed E-state index contributed by atoms with van der Waals surface area (Å²) >= 11 is 0. The summed E-state index contributed by atoms with van der Waals surface area (Å²) in [6.45, 7) is 2.77. The van der Waals surface area contributed by atoms with Crippen LogP contribution in [0.25, 0.3) is 11.1 Å². The van der Waals surface area contributed by atoms with Crippen LogP contribution in [0.1, 0.15) is 17.3 Å². The van der Waals surface area contributed by atoms with Crippen molar-refractivity contribution in [3.05, 3.63) is 60.2 Å². The minimum atomic E-state index is -0.851. The Bertz CT molecular complexity index is 672. The fourth-order valence-electron chi connectivity index (χ4n) is 2.26. The molecule has 0 saturated carbocycles. The monoisotopic (exact) mass is 327 g/mol. The highest BCUT2D eigenvalue weighted by molar-refractivity contribution is 5.97. The summed E-state index contributed by atoms with van der Waals surface area (Å²) in [5.41, 5.74) is 4.08. The molecule has 2 amide bonds. The maximum Gasteiger partial charge on any atom is 0.267 e. The maximum atomic E-state index is 12.3. The topological polar surface area (TPSA) is 90.5 Å². The zero-order chi connectivity index (χ0) is 17.4. The fraction of sp³-hybridized carbons (Fsp3) is 0.222. The smallest absolute Gasteiger partial charge is 0.267 e. The molecule has 4 N–H and O–H groups in total. The molecule has 24 heavy (non-hydrogen) atoms. The first-order chi connectivity index (χ1) is 11.7. The van der Waals surface area contributed by atoms with Crippen LogP contribution in [-0.2, 0) is 4.79 Å². The molecule has 0 unspecified atom stereocenters. The molecule has 6 heteroatoms. The number of benzene rings is 2. The largest absolute Gasteiger partial charge is 0.339 e. The zero-order valence-electron chi connectivity index (χ0n) is 13.5. The molecular formula is C18H21N3O3. The van der Waals surface area contributed by atoms with E-state index in [9.17, 15) is 9.59 Å². The lowest BCUT2D eigenvalue weighted by Crippen LogP contribution is -2.51. The van der Waals surface area contributed by atoms with Gasteiger partial charge in [-0.05, 0) is 29.8 Å². The lowest BCUT2D eigenvalue weighted by Gasteiger charge is -2.17. The standard InChI is InChI=1S/C18H21N3O3/c1-2-19-12-16(18(23)21-24)20-17(22)15-10-8-14(9-11-15)13-6-4-3-5-7-13/h3-11,16,19,24H,2,12H2,1H3,(H,20,22)(H,21,23)/t16-/m0/s1. The molecule has 2 aromatic rings. The molecule has 0 heterocycles. The molecular weight excluding hydrogens is 306 g/mol. The van der Waals surface area contributed by atoms with Crippen LogP contribution in [0.5, 0.6) is 0 Å². The number of carbonyl (C=O) groups is 2. The van der Waals surface area contributed by atoms with Gasteiger partial charge in [-0.25, -0.2) is 5.48 Å². The van der Waals surface area contributed by atoms with Gasteiger partial charge in [-0.1, -0.05) is 49.4 Å². The summed E-state index contributed by atoms with van der Waals surface area (Å²) in [5, 5.41) is 14.3. The summed E-state index contributed by atoms with van der Waals surface area (Å²) in [6, 6.07) is 16.1. The first-order valence-electron chi connectivity index (χ1n) is 7.76. The van der Waals surface area contributed by atoms with Gasteiger partial charge in [-0.15, -0.1) is 0 Å². The van der Waals surface area contributed by atoms with Crippen LogP contribution < -0.4 is 16.1 Å². The lowest BCUT2D eigenvalue weighted by atomic mass is 10.0.